The third-order valence-corrected chi connectivity index (χ3v) is 7.75. The molecule has 0 bridgehead atoms. The Morgan fingerprint density at radius 2 is 1.79 bits per heavy atom. The number of hydrazone groups is 1. The van der Waals surface area contributed by atoms with E-state index in [1.807, 2.05) is 42.3 Å². The highest BCUT2D eigenvalue weighted by Crippen LogP contribution is 2.43. The molecule has 2 aliphatic heterocycles. The Bertz CT molecular complexity index is 1060. The van der Waals surface area contributed by atoms with Crippen molar-refractivity contribution in [2.75, 3.05) is 25.2 Å². The summed E-state index contributed by atoms with van der Waals surface area (Å²) in [4.78, 5) is 13.3. The summed E-state index contributed by atoms with van der Waals surface area (Å²) >= 11 is 12.7. The number of hydrazine groups is 1. The molecule has 0 aromatic heterocycles. The van der Waals surface area contributed by atoms with Gasteiger partial charge in [-0.15, -0.1) is 0 Å². The highest BCUT2D eigenvalue weighted by molar-refractivity contribution is 6.41. The molecule has 1 N–H and O–H groups in total. The number of carbonyl (C=O) groups is 1. The quantitative estimate of drug-likeness (QED) is 0.621. The second-order valence-electron chi connectivity index (χ2n) is 9.23. The van der Waals surface area contributed by atoms with Gasteiger partial charge in [-0.05, 0) is 60.6 Å². The van der Waals surface area contributed by atoms with Crippen LogP contribution in [0.2, 0.25) is 10.0 Å². The van der Waals surface area contributed by atoms with E-state index in [4.69, 9.17) is 33.0 Å². The first-order chi connectivity index (χ1) is 15.9. The van der Waals surface area contributed by atoms with Crippen molar-refractivity contribution in [1.82, 2.24) is 10.4 Å². The molecule has 0 radical (unpaired) electrons. The average Bonchev–Trinajstić information content (AvgIpc) is 3.47. The normalized spacial score (nSPS) is 26.9. The number of benzene rings is 2. The SMILES string of the molecule is COc1ccc(C2C(C)C(C(=O)NN3CC4CCCC4C3)=NN2c2ccc(Cl)cc2Cl)cc1. The van der Waals surface area contributed by atoms with E-state index in [2.05, 4.69) is 10.4 Å². The lowest BCUT2D eigenvalue weighted by Gasteiger charge is -2.27. The number of carbonyl (C=O) groups excluding carboxylic acids is 1. The monoisotopic (exact) mass is 486 g/mol. The Labute approximate surface area is 204 Å². The van der Waals surface area contributed by atoms with Crippen LogP contribution in [0.3, 0.4) is 0 Å². The predicted molar refractivity (Wildman–Crippen MR) is 132 cm³/mol. The molecule has 1 aliphatic carbocycles. The summed E-state index contributed by atoms with van der Waals surface area (Å²) in [5, 5.41) is 9.76. The smallest absolute Gasteiger partial charge is 0.282 e. The number of nitrogens with one attached hydrogen (secondary N) is 1. The number of ether oxygens (including phenoxy) is 1. The van der Waals surface area contributed by atoms with Crippen LogP contribution in [0, 0.1) is 17.8 Å². The predicted octanol–water partition coefficient (Wildman–Crippen LogP) is 5.32. The lowest BCUT2D eigenvalue weighted by Crippen LogP contribution is -2.45. The number of methoxy groups -OCH3 is 1. The number of fused-ring (bicyclic) bond motifs is 1. The molecule has 1 saturated carbocycles. The minimum absolute atomic E-state index is 0.145. The fourth-order valence-electron chi connectivity index (χ4n) is 5.51. The van der Waals surface area contributed by atoms with Crippen LogP contribution in [0.25, 0.3) is 0 Å². The summed E-state index contributed by atoms with van der Waals surface area (Å²) in [7, 11) is 1.64. The van der Waals surface area contributed by atoms with Crippen LogP contribution in [0.15, 0.2) is 47.6 Å². The molecule has 1 saturated heterocycles. The molecule has 4 atom stereocenters. The van der Waals surface area contributed by atoms with Gasteiger partial charge < -0.3 is 4.74 Å². The van der Waals surface area contributed by atoms with Crippen LogP contribution in [0.4, 0.5) is 5.69 Å². The van der Waals surface area contributed by atoms with Gasteiger partial charge in [0.25, 0.3) is 5.91 Å². The van der Waals surface area contributed by atoms with E-state index >= 15 is 0 Å². The summed E-state index contributed by atoms with van der Waals surface area (Å²) in [6.07, 6.45) is 3.83. The van der Waals surface area contributed by atoms with Gasteiger partial charge in [0, 0.05) is 24.0 Å². The van der Waals surface area contributed by atoms with Crippen molar-refractivity contribution >= 4 is 40.5 Å². The summed E-state index contributed by atoms with van der Waals surface area (Å²) in [5.41, 5.74) is 5.37. The molecule has 2 fully saturated rings. The molecule has 2 aromatic carbocycles. The Morgan fingerprint density at radius 1 is 1.09 bits per heavy atom. The summed E-state index contributed by atoms with van der Waals surface area (Å²) in [6, 6.07) is 13.0. The van der Waals surface area contributed by atoms with Crippen molar-refractivity contribution in [2.45, 2.75) is 32.2 Å². The van der Waals surface area contributed by atoms with Crippen molar-refractivity contribution in [3.8, 4) is 5.75 Å². The van der Waals surface area contributed by atoms with Gasteiger partial charge in [-0.25, -0.2) is 5.01 Å². The molecule has 33 heavy (non-hydrogen) atoms. The van der Waals surface area contributed by atoms with Crippen molar-refractivity contribution in [1.29, 1.82) is 0 Å². The maximum Gasteiger partial charge on any atom is 0.282 e. The number of hydrogen-bond donors (Lipinski definition) is 1. The number of halogens is 2. The lowest BCUT2D eigenvalue weighted by molar-refractivity contribution is -0.119. The number of amides is 1. The van der Waals surface area contributed by atoms with E-state index in [0.717, 1.165) is 24.4 Å². The molecule has 4 unspecified atom stereocenters. The topological polar surface area (TPSA) is 57.2 Å². The Morgan fingerprint density at radius 3 is 2.42 bits per heavy atom. The molecule has 5 rings (SSSR count). The Hall–Kier alpha value is -2.28. The molecule has 174 valence electrons. The van der Waals surface area contributed by atoms with Crippen LogP contribution >= 0.6 is 23.2 Å². The minimum Gasteiger partial charge on any atom is -0.497 e. The average molecular weight is 487 g/mol. The van der Waals surface area contributed by atoms with Crippen molar-refractivity contribution in [2.24, 2.45) is 22.9 Å². The molecule has 0 spiro atoms. The zero-order valence-electron chi connectivity index (χ0n) is 18.8. The first kappa shape index (κ1) is 22.5. The first-order valence-electron chi connectivity index (χ1n) is 11.5. The van der Waals surface area contributed by atoms with E-state index in [-0.39, 0.29) is 17.9 Å². The van der Waals surface area contributed by atoms with E-state index < -0.39 is 0 Å². The number of nitrogens with zero attached hydrogens (tertiary/aromatic N) is 3. The molecular weight excluding hydrogens is 459 g/mol. The fraction of sp³-hybridized carbons (Fsp3) is 0.440. The van der Waals surface area contributed by atoms with Crippen LogP contribution in [0.5, 0.6) is 5.75 Å². The lowest BCUT2D eigenvalue weighted by atomic mass is 9.91. The second kappa shape index (κ2) is 9.16. The Balaban J connectivity index is 1.44. The first-order valence-corrected chi connectivity index (χ1v) is 12.2. The van der Waals surface area contributed by atoms with Gasteiger partial charge in [0.15, 0.2) is 0 Å². The van der Waals surface area contributed by atoms with Crippen molar-refractivity contribution < 1.29 is 9.53 Å². The third-order valence-electron chi connectivity index (χ3n) is 7.22. The molecule has 6 nitrogen and oxygen atoms in total. The maximum absolute atomic E-state index is 13.3. The molecule has 1 amide bonds. The van der Waals surface area contributed by atoms with E-state index in [9.17, 15) is 4.79 Å². The molecule has 8 heteroatoms. The van der Waals surface area contributed by atoms with Gasteiger partial charge in [-0.1, -0.05) is 48.7 Å². The zero-order valence-corrected chi connectivity index (χ0v) is 20.3. The standard InChI is InChI=1S/C25H28Cl2N4O2/c1-15-23(25(32)29-30-13-17-4-3-5-18(17)14-30)28-31(22-11-8-19(26)12-21(22)27)24(15)16-6-9-20(33-2)10-7-16/h6-12,15,17-18,24H,3-5,13-14H2,1-2H3,(H,29,32). The van der Waals surface area contributed by atoms with Crippen LogP contribution in [0.1, 0.15) is 37.8 Å². The maximum atomic E-state index is 13.3. The van der Waals surface area contributed by atoms with Crippen LogP contribution in [-0.2, 0) is 4.79 Å². The van der Waals surface area contributed by atoms with E-state index in [1.54, 1.807) is 19.2 Å². The number of anilines is 1. The Kier molecular flexibility index (Phi) is 6.25. The van der Waals surface area contributed by atoms with Gasteiger partial charge >= 0.3 is 0 Å². The third kappa shape index (κ3) is 4.32. The number of rotatable bonds is 5. The second-order valence-corrected chi connectivity index (χ2v) is 10.1. The van der Waals surface area contributed by atoms with Crippen LogP contribution in [-0.4, -0.2) is 36.8 Å². The van der Waals surface area contributed by atoms with Crippen LogP contribution < -0.4 is 15.2 Å². The summed E-state index contributed by atoms with van der Waals surface area (Å²) in [6.45, 7) is 3.88. The number of hydrogen-bond acceptors (Lipinski definition) is 5. The molecule has 2 heterocycles. The highest BCUT2D eigenvalue weighted by Gasteiger charge is 2.42. The largest absolute Gasteiger partial charge is 0.497 e. The van der Waals surface area contributed by atoms with E-state index in [0.29, 0.717) is 33.3 Å². The molecular formula is C25H28Cl2N4O2. The van der Waals surface area contributed by atoms with Gasteiger partial charge in [-0.2, -0.15) is 5.10 Å². The zero-order chi connectivity index (χ0) is 23.1. The fourth-order valence-corrected chi connectivity index (χ4v) is 6.01. The minimum atomic E-state index is -0.187. The summed E-state index contributed by atoms with van der Waals surface area (Å²) < 4.78 is 5.32. The van der Waals surface area contributed by atoms with Crippen molar-refractivity contribution in [3.05, 3.63) is 58.1 Å². The molecule has 3 aliphatic rings. The van der Waals surface area contributed by atoms with Gasteiger partial charge in [-0.3, -0.25) is 15.2 Å². The van der Waals surface area contributed by atoms with Gasteiger partial charge in [0.2, 0.25) is 0 Å². The van der Waals surface area contributed by atoms with Gasteiger partial charge in [0.1, 0.15) is 11.5 Å². The highest BCUT2D eigenvalue weighted by atomic mass is 35.5. The van der Waals surface area contributed by atoms with E-state index in [1.165, 1.54) is 19.3 Å². The van der Waals surface area contributed by atoms with Gasteiger partial charge in [0.05, 0.1) is 23.9 Å². The molecule has 2 aromatic rings. The van der Waals surface area contributed by atoms with Crippen molar-refractivity contribution in [3.63, 3.8) is 0 Å². The summed E-state index contributed by atoms with van der Waals surface area (Å²) in [5.74, 6) is 1.88.